The number of hydroxylamine groups is 1. The van der Waals surface area contributed by atoms with Gasteiger partial charge in [-0.2, -0.15) is 0 Å². The number of pyridine rings is 1. The number of halogens is 4. The maximum absolute atomic E-state index is 13.5. The molecule has 2 heterocycles. The van der Waals surface area contributed by atoms with Crippen LogP contribution in [0.2, 0.25) is 5.02 Å². The number of aromatic nitrogens is 1. The van der Waals surface area contributed by atoms with Gasteiger partial charge in [0.15, 0.2) is 5.83 Å². The van der Waals surface area contributed by atoms with Crippen molar-refractivity contribution >= 4 is 54.2 Å². The van der Waals surface area contributed by atoms with E-state index >= 15 is 0 Å². The summed E-state index contributed by atoms with van der Waals surface area (Å²) in [7, 11) is 0. The first-order valence-corrected chi connectivity index (χ1v) is 8.93. The summed E-state index contributed by atoms with van der Waals surface area (Å²) >= 11 is 6.23. The molecule has 6 nitrogen and oxygen atoms in total. The van der Waals surface area contributed by atoms with Crippen LogP contribution in [0.5, 0.6) is 0 Å². The number of amides is 1. The zero-order valence-electron chi connectivity index (χ0n) is 15.3. The minimum Gasteiger partial charge on any atom is -0.365 e. The molecule has 1 aromatic carbocycles. The molecule has 0 unspecified atom stereocenters. The fraction of sp³-hybridized carbons (Fsp3) is 0.263. The number of benzene rings is 1. The minimum atomic E-state index is -1.22. The van der Waals surface area contributed by atoms with Crippen molar-refractivity contribution in [3.05, 3.63) is 64.6 Å². The summed E-state index contributed by atoms with van der Waals surface area (Å²) in [5, 5.41) is 12.1. The summed E-state index contributed by atoms with van der Waals surface area (Å²) in [4.78, 5) is 17.6. The van der Waals surface area contributed by atoms with Gasteiger partial charge in [0.1, 0.15) is 5.82 Å². The normalized spacial score (nSPS) is 16.5. The first kappa shape index (κ1) is 25.1. The Morgan fingerprint density at radius 2 is 2.07 bits per heavy atom. The van der Waals surface area contributed by atoms with Crippen molar-refractivity contribution in [2.24, 2.45) is 0 Å². The Morgan fingerprint density at radius 1 is 1.34 bits per heavy atom. The van der Waals surface area contributed by atoms with Gasteiger partial charge in [0.2, 0.25) is 0 Å². The molecule has 1 aromatic heterocycles. The molecule has 3 rings (SSSR count). The number of nitrogens with one attached hydrogen (secondary N) is 2. The maximum Gasteiger partial charge on any atom is 0.303 e. The van der Waals surface area contributed by atoms with Crippen molar-refractivity contribution in [3.8, 4) is 0 Å². The smallest absolute Gasteiger partial charge is 0.303 e. The molecule has 1 saturated heterocycles. The average molecular weight is 464 g/mol. The van der Waals surface area contributed by atoms with Gasteiger partial charge in [0.25, 0.3) is 0 Å². The molecule has 0 bridgehead atoms. The zero-order valence-corrected chi connectivity index (χ0v) is 17.7. The van der Waals surface area contributed by atoms with Crippen LogP contribution in [0.3, 0.4) is 0 Å². The van der Waals surface area contributed by atoms with E-state index in [2.05, 4.69) is 27.3 Å². The number of nitrogens with zero attached hydrogens (tertiary/aromatic N) is 2. The molecule has 1 amide bonds. The molecule has 1 aliphatic heterocycles. The van der Waals surface area contributed by atoms with Crippen molar-refractivity contribution in [1.29, 1.82) is 0 Å². The van der Waals surface area contributed by atoms with Crippen LogP contribution in [0.4, 0.5) is 10.2 Å². The van der Waals surface area contributed by atoms with Gasteiger partial charge in [-0.3, -0.25) is 14.9 Å². The Balaban J connectivity index is 0.00000210. The van der Waals surface area contributed by atoms with E-state index in [1.54, 1.807) is 0 Å². The standard InChI is InChI=1S/C19H20ClFN4O2.2ClH/c20-16-8-14(9-17(21)19(26)24-27)10-22-18(16)23-15-6-7-25(12-15)11-13-4-2-1-3-5-13;;/h1-5,8-10,15,27H,6-7,11-12H2,(H,22,23)(H,24,26);2*1H/b17-9+;;/t15-;;/m1../s1. The summed E-state index contributed by atoms with van der Waals surface area (Å²) in [5.74, 6) is -1.84. The second kappa shape index (κ2) is 11.9. The highest BCUT2D eigenvalue weighted by Crippen LogP contribution is 2.24. The zero-order chi connectivity index (χ0) is 19.2. The number of likely N-dealkylation sites (tertiary alicyclic amines) is 1. The highest BCUT2D eigenvalue weighted by Gasteiger charge is 2.23. The monoisotopic (exact) mass is 462 g/mol. The van der Waals surface area contributed by atoms with E-state index in [1.807, 2.05) is 18.2 Å². The van der Waals surface area contributed by atoms with Gasteiger partial charge in [-0.15, -0.1) is 24.8 Å². The van der Waals surface area contributed by atoms with Crippen molar-refractivity contribution in [1.82, 2.24) is 15.4 Å². The van der Waals surface area contributed by atoms with Gasteiger partial charge < -0.3 is 5.32 Å². The molecule has 0 radical (unpaired) electrons. The third-order valence-electron chi connectivity index (χ3n) is 4.34. The number of carbonyl (C=O) groups is 1. The molecule has 1 aliphatic rings. The maximum atomic E-state index is 13.5. The van der Waals surface area contributed by atoms with Crippen LogP contribution in [0.25, 0.3) is 6.08 Å². The van der Waals surface area contributed by atoms with E-state index in [1.165, 1.54) is 23.3 Å². The molecule has 0 saturated carbocycles. The minimum absolute atomic E-state index is 0. The fourth-order valence-corrected chi connectivity index (χ4v) is 3.26. The van der Waals surface area contributed by atoms with Crippen LogP contribution < -0.4 is 10.8 Å². The van der Waals surface area contributed by atoms with E-state index in [4.69, 9.17) is 16.8 Å². The quantitative estimate of drug-likeness (QED) is 0.342. The molecule has 1 fully saturated rings. The molecule has 10 heteroatoms. The summed E-state index contributed by atoms with van der Waals surface area (Å²) in [6.45, 7) is 2.75. The van der Waals surface area contributed by atoms with Crippen molar-refractivity contribution in [2.75, 3.05) is 18.4 Å². The largest absolute Gasteiger partial charge is 0.365 e. The molecular formula is C19H22Cl3FN4O2. The van der Waals surface area contributed by atoms with Crippen LogP contribution in [0.15, 0.2) is 48.4 Å². The second-order valence-electron chi connectivity index (χ2n) is 6.38. The van der Waals surface area contributed by atoms with Crippen LogP contribution in [-0.4, -0.2) is 40.1 Å². The van der Waals surface area contributed by atoms with E-state index in [0.717, 1.165) is 32.1 Å². The lowest BCUT2D eigenvalue weighted by Gasteiger charge is -2.17. The van der Waals surface area contributed by atoms with Gasteiger partial charge in [0, 0.05) is 31.9 Å². The average Bonchev–Trinajstić information content (AvgIpc) is 3.11. The SMILES string of the molecule is Cl.Cl.O=C(NO)/C(F)=C\c1cnc(N[C@@H]2CCN(Cc3ccccc3)C2)c(Cl)c1. The Morgan fingerprint density at radius 3 is 2.72 bits per heavy atom. The van der Waals surface area contributed by atoms with Gasteiger partial charge in [0.05, 0.1) is 5.02 Å². The van der Waals surface area contributed by atoms with E-state index in [9.17, 15) is 9.18 Å². The molecule has 3 N–H and O–H groups in total. The number of anilines is 1. The fourth-order valence-electron chi connectivity index (χ4n) is 3.03. The van der Waals surface area contributed by atoms with Gasteiger partial charge in [-0.05, 0) is 29.7 Å². The van der Waals surface area contributed by atoms with E-state index < -0.39 is 11.7 Å². The van der Waals surface area contributed by atoms with Gasteiger partial charge in [-0.1, -0.05) is 41.9 Å². The van der Waals surface area contributed by atoms with Crippen molar-refractivity contribution in [2.45, 2.75) is 19.0 Å². The van der Waals surface area contributed by atoms with Crippen molar-refractivity contribution in [3.63, 3.8) is 0 Å². The topological polar surface area (TPSA) is 77.5 Å². The first-order valence-electron chi connectivity index (χ1n) is 8.55. The second-order valence-corrected chi connectivity index (χ2v) is 6.79. The Labute approximate surface area is 185 Å². The highest BCUT2D eigenvalue weighted by atomic mass is 35.5. The van der Waals surface area contributed by atoms with Crippen LogP contribution >= 0.6 is 36.4 Å². The van der Waals surface area contributed by atoms with Crippen LogP contribution in [0, 0.1) is 0 Å². The first-order chi connectivity index (χ1) is 13.0. The number of hydrogen-bond acceptors (Lipinski definition) is 5. The number of hydrogen-bond donors (Lipinski definition) is 3. The molecule has 0 spiro atoms. The Bertz CT molecular complexity index is 839. The lowest BCUT2D eigenvalue weighted by atomic mass is 10.2. The molecule has 2 aromatic rings. The Kier molecular flexibility index (Phi) is 10.4. The molecule has 29 heavy (non-hydrogen) atoms. The highest BCUT2D eigenvalue weighted by molar-refractivity contribution is 6.33. The molecule has 0 aliphatic carbocycles. The number of carbonyl (C=O) groups excluding carboxylic acids is 1. The summed E-state index contributed by atoms with van der Waals surface area (Å²) in [5.41, 5.74) is 2.83. The van der Waals surface area contributed by atoms with E-state index in [-0.39, 0.29) is 30.9 Å². The third-order valence-corrected chi connectivity index (χ3v) is 4.62. The molecule has 158 valence electrons. The lowest BCUT2D eigenvalue weighted by Crippen LogP contribution is -2.26. The lowest BCUT2D eigenvalue weighted by molar-refractivity contribution is -0.126. The van der Waals surface area contributed by atoms with Gasteiger partial charge >= 0.3 is 5.91 Å². The molecular weight excluding hydrogens is 442 g/mol. The third kappa shape index (κ3) is 7.13. The Hall–Kier alpha value is -1.90. The molecule has 1 atom stereocenters. The van der Waals surface area contributed by atoms with Crippen LogP contribution in [0.1, 0.15) is 17.5 Å². The predicted octanol–water partition coefficient (Wildman–Crippen LogP) is 4.08. The summed E-state index contributed by atoms with van der Waals surface area (Å²) in [6.07, 6.45) is 3.33. The van der Waals surface area contributed by atoms with E-state index in [0.29, 0.717) is 16.4 Å². The van der Waals surface area contributed by atoms with Crippen molar-refractivity contribution < 1.29 is 14.4 Å². The predicted molar refractivity (Wildman–Crippen MR) is 117 cm³/mol. The number of rotatable bonds is 6. The summed E-state index contributed by atoms with van der Waals surface area (Å²) < 4.78 is 13.5. The summed E-state index contributed by atoms with van der Waals surface area (Å²) in [6, 6.07) is 12.0. The van der Waals surface area contributed by atoms with Crippen LogP contribution in [-0.2, 0) is 11.3 Å². The van der Waals surface area contributed by atoms with Gasteiger partial charge in [-0.25, -0.2) is 14.9 Å².